The van der Waals surface area contributed by atoms with Gasteiger partial charge in [0.2, 0.25) is 0 Å². The zero-order chi connectivity index (χ0) is 15.6. The number of halogens is 3. The molecule has 0 fully saturated rings. The molecular formula is C18H11F3O. The van der Waals surface area contributed by atoms with Crippen molar-refractivity contribution in [2.45, 2.75) is 12.3 Å². The molecule has 1 unspecified atom stereocenters. The van der Waals surface area contributed by atoms with Crippen molar-refractivity contribution < 1.29 is 17.9 Å². The highest BCUT2D eigenvalue weighted by Crippen LogP contribution is 2.29. The van der Waals surface area contributed by atoms with E-state index in [0.29, 0.717) is 5.56 Å². The van der Waals surface area contributed by atoms with E-state index in [1.165, 1.54) is 12.1 Å². The van der Waals surface area contributed by atoms with Crippen molar-refractivity contribution in [3.05, 3.63) is 71.3 Å². The van der Waals surface area contributed by atoms with E-state index in [2.05, 4.69) is 11.8 Å². The van der Waals surface area contributed by atoms with Crippen molar-refractivity contribution in [2.24, 2.45) is 0 Å². The van der Waals surface area contributed by atoms with E-state index in [9.17, 15) is 13.2 Å². The molecule has 0 amide bonds. The number of alkyl halides is 3. The molecule has 0 aliphatic carbocycles. The first-order valence-corrected chi connectivity index (χ1v) is 6.65. The third-order valence-corrected chi connectivity index (χ3v) is 3.19. The maximum Gasteiger partial charge on any atom is 0.416 e. The maximum absolute atomic E-state index is 12.5. The third kappa shape index (κ3) is 3.15. The topological polar surface area (TPSA) is 9.23 Å². The first-order valence-electron chi connectivity index (χ1n) is 6.65. The Morgan fingerprint density at radius 1 is 0.955 bits per heavy atom. The standard InChI is InChI=1S/C18H11F3O/c19-18(20,21)15-9-5-13(6-10-15)7-11-16-12-8-14-3-1-2-4-17(14)22-16/h1-6,8-10,12,16H. The Morgan fingerprint density at radius 2 is 1.68 bits per heavy atom. The van der Waals surface area contributed by atoms with Crippen molar-refractivity contribution in [2.75, 3.05) is 0 Å². The van der Waals surface area contributed by atoms with E-state index in [1.54, 1.807) is 0 Å². The van der Waals surface area contributed by atoms with Gasteiger partial charge in [-0.25, -0.2) is 0 Å². The Kier molecular flexibility index (Phi) is 3.64. The maximum atomic E-state index is 12.5. The predicted octanol–water partition coefficient (Wildman–Crippen LogP) is 4.53. The Hall–Kier alpha value is -2.67. The van der Waals surface area contributed by atoms with E-state index in [4.69, 9.17) is 4.74 Å². The second kappa shape index (κ2) is 5.61. The van der Waals surface area contributed by atoms with Gasteiger partial charge in [0.1, 0.15) is 5.75 Å². The average Bonchev–Trinajstić information content (AvgIpc) is 2.52. The molecule has 0 aromatic heterocycles. The molecule has 0 radical (unpaired) electrons. The summed E-state index contributed by atoms with van der Waals surface area (Å²) in [5.41, 5.74) is 0.819. The smallest absolute Gasteiger partial charge is 0.416 e. The number of rotatable bonds is 0. The third-order valence-electron chi connectivity index (χ3n) is 3.19. The first-order chi connectivity index (χ1) is 10.5. The van der Waals surface area contributed by atoms with Gasteiger partial charge in [-0.1, -0.05) is 30.2 Å². The molecule has 0 saturated carbocycles. The molecule has 1 heterocycles. The van der Waals surface area contributed by atoms with Gasteiger partial charge in [0, 0.05) is 11.1 Å². The summed E-state index contributed by atoms with van der Waals surface area (Å²) in [5.74, 6) is 6.47. The van der Waals surface area contributed by atoms with E-state index in [0.717, 1.165) is 23.4 Å². The Balaban J connectivity index is 1.75. The number of hydrogen-bond acceptors (Lipinski definition) is 1. The molecule has 3 rings (SSSR count). The van der Waals surface area contributed by atoms with Crippen molar-refractivity contribution in [1.29, 1.82) is 0 Å². The summed E-state index contributed by atoms with van der Waals surface area (Å²) in [6.45, 7) is 0. The fourth-order valence-electron chi connectivity index (χ4n) is 2.07. The van der Waals surface area contributed by atoms with Gasteiger partial charge in [0.25, 0.3) is 0 Å². The molecule has 0 spiro atoms. The van der Waals surface area contributed by atoms with Crippen LogP contribution in [-0.2, 0) is 6.18 Å². The number of para-hydroxylation sites is 1. The first kappa shape index (κ1) is 14.3. The molecule has 2 aromatic rings. The van der Waals surface area contributed by atoms with Crippen LogP contribution in [0.1, 0.15) is 16.7 Å². The van der Waals surface area contributed by atoms with Crippen molar-refractivity contribution in [1.82, 2.24) is 0 Å². The van der Waals surface area contributed by atoms with Crippen LogP contribution in [0.3, 0.4) is 0 Å². The quantitative estimate of drug-likeness (QED) is 0.649. The van der Waals surface area contributed by atoms with Crippen LogP contribution in [0.5, 0.6) is 5.75 Å². The van der Waals surface area contributed by atoms with Crippen LogP contribution in [0.4, 0.5) is 13.2 Å². The van der Waals surface area contributed by atoms with Gasteiger partial charge >= 0.3 is 6.18 Å². The SMILES string of the molecule is FC(F)(F)c1ccc(C#CC2C=Cc3ccccc3O2)cc1. The van der Waals surface area contributed by atoms with E-state index in [-0.39, 0.29) is 0 Å². The molecule has 110 valence electrons. The van der Waals surface area contributed by atoms with E-state index < -0.39 is 17.8 Å². The van der Waals surface area contributed by atoms with Crippen molar-refractivity contribution in [3.63, 3.8) is 0 Å². The summed E-state index contributed by atoms with van der Waals surface area (Å²) in [7, 11) is 0. The summed E-state index contributed by atoms with van der Waals surface area (Å²) < 4.78 is 43.1. The monoisotopic (exact) mass is 300 g/mol. The molecule has 1 atom stereocenters. The van der Waals surface area contributed by atoms with Gasteiger partial charge in [-0.2, -0.15) is 13.2 Å². The summed E-state index contributed by atoms with van der Waals surface area (Å²) in [6.07, 6.45) is -0.993. The molecule has 0 bridgehead atoms. The van der Waals surface area contributed by atoms with Gasteiger partial charge in [-0.15, -0.1) is 0 Å². The lowest BCUT2D eigenvalue weighted by Gasteiger charge is -2.16. The van der Waals surface area contributed by atoms with Gasteiger partial charge in [-0.3, -0.25) is 0 Å². The van der Waals surface area contributed by atoms with Crippen LogP contribution in [0.2, 0.25) is 0 Å². The van der Waals surface area contributed by atoms with Gasteiger partial charge in [0.05, 0.1) is 5.56 Å². The number of ether oxygens (including phenoxy) is 1. The van der Waals surface area contributed by atoms with Crippen LogP contribution in [0.15, 0.2) is 54.6 Å². The summed E-state index contributed by atoms with van der Waals surface area (Å²) in [6, 6.07) is 12.3. The summed E-state index contributed by atoms with van der Waals surface area (Å²) in [5, 5.41) is 0. The molecule has 1 aliphatic heterocycles. The lowest BCUT2D eigenvalue weighted by atomic mass is 10.1. The van der Waals surface area contributed by atoms with E-state index in [1.807, 2.05) is 36.4 Å². The zero-order valence-electron chi connectivity index (χ0n) is 11.4. The fraction of sp³-hybridized carbons (Fsp3) is 0.111. The molecule has 22 heavy (non-hydrogen) atoms. The van der Waals surface area contributed by atoms with Crippen LogP contribution in [0, 0.1) is 11.8 Å². The van der Waals surface area contributed by atoms with Crippen molar-refractivity contribution in [3.8, 4) is 17.6 Å². The number of benzene rings is 2. The predicted molar refractivity (Wildman–Crippen MR) is 78.2 cm³/mol. The van der Waals surface area contributed by atoms with Gasteiger partial charge in [-0.05, 0) is 42.3 Å². The Bertz CT molecular complexity index is 761. The molecule has 1 nitrogen and oxygen atoms in total. The second-order valence-corrected chi connectivity index (χ2v) is 4.78. The minimum absolute atomic E-state index is 0.405. The minimum atomic E-state index is -4.33. The Labute approximate surface area is 126 Å². The normalized spacial score (nSPS) is 16.2. The lowest BCUT2D eigenvalue weighted by molar-refractivity contribution is -0.137. The largest absolute Gasteiger partial charge is 0.473 e. The van der Waals surface area contributed by atoms with Crippen molar-refractivity contribution >= 4 is 6.08 Å². The highest BCUT2D eigenvalue weighted by atomic mass is 19.4. The fourth-order valence-corrected chi connectivity index (χ4v) is 2.07. The lowest BCUT2D eigenvalue weighted by Crippen LogP contribution is -2.14. The molecule has 1 aliphatic rings. The van der Waals surface area contributed by atoms with Crippen LogP contribution in [-0.4, -0.2) is 6.10 Å². The number of fused-ring (bicyclic) bond motifs is 1. The van der Waals surface area contributed by atoms with Gasteiger partial charge < -0.3 is 4.74 Å². The molecule has 4 heteroatoms. The highest BCUT2D eigenvalue weighted by molar-refractivity contribution is 5.60. The van der Waals surface area contributed by atoms with Gasteiger partial charge in [0.15, 0.2) is 6.10 Å². The summed E-state index contributed by atoms with van der Waals surface area (Å²) >= 11 is 0. The zero-order valence-corrected chi connectivity index (χ0v) is 11.4. The summed E-state index contributed by atoms with van der Waals surface area (Å²) in [4.78, 5) is 0. The molecule has 0 saturated heterocycles. The second-order valence-electron chi connectivity index (χ2n) is 4.78. The molecule has 0 N–H and O–H groups in total. The highest BCUT2D eigenvalue weighted by Gasteiger charge is 2.29. The van der Waals surface area contributed by atoms with Crippen LogP contribution >= 0.6 is 0 Å². The van der Waals surface area contributed by atoms with Crippen LogP contribution in [0.25, 0.3) is 6.08 Å². The molecule has 2 aromatic carbocycles. The van der Waals surface area contributed by atoms with E-state index >= 15 is 0 Å². The Morgan fingerprint density at radius 3 is 2.41 bits per heavy atom. The van der Waals surface area contributed by atoms with Crippen LogP contribution < -0.4 is 4.74 Å². The molecular weight excluding hydrogens is 289 g/mol. The average molecular weight is 300 g/mol. The number of hydrogen-bond donors (Lipinski definition) is 0. The minimum Gasteiger partial charge on any atom is -0.473 e.